The average Bonchev–Trinajstić information content (AvgIpc) is 2.33. The molecule has 1 atom stereocenters. The highest BCUT2D eigenvalue weighted by Gasteiger charge is 2.12. The van der Waals surface area contributed by atoms with Gasteiger partial charge in [0.05, 0.1) is 13.2 Å². The molecule has 1 saturated heterocycles. The molecule has 2 rings (SSSR count). The van der Waals surface area contributed by atoms with Crippen LogP contribution in [0.1, 0.15) is 18.9 Å². The van der Waals surface area contributed by atoms with Gasteiger partial charge in [-0.25, -0.2) is 0 Å². The van der Waals surface area contributed by atoms with Gasteiger partial charge in [-0.2, -0.15) is 0 Å². The Morgan fingerprint density at radius 2 is 2.35 bits per heavy atom. The predicted octanol–water partition coefficient (Wildman–Crippen LogP) is 3.23. The molecule has 1 heterocycles. The molecule has 1 N–H and O–H groups in total. The molecule has 0 aliphatic carbocycles. The van der Waals surface area contributed by atoms with E-state index in [-0.39, 0.29) is 0 Å². The minimum atomic E-state index is 0.461. The lowest BCUT2D eigenvalue weighted by atomic mass is 10.0. The minimum absolute atomic E-state index is 0.461. The summed E-state index contributed by atoms with van der Waals surface area (Å²) in [6, 6.07) is 8.75. The third kappa shape index (κ3) is 3.95. The first-order valence-electron chi connectivity index (χ1n) is 5.98. The molecule has 1 aromatic rings. The number of halogens is 1. The molecule has 1 aliphatic rings. The Kier molecular flexibility index (Phi) is 4.77. The van der Waals surface area contributed by atoms with Crippen LogP contribution in [0.3, 0.4) is 0 Å². The maximum Gasteiger partial charge on any atom is 0.0623 e. The van der Waals surface area contributed by atoms with Crippen LogP contribution in [0.15, 0.2) is 34.3 Å². The second-order valence-corrected chi connectivity index (χ2v) is 5.30. The van der Waals surface area contributed by atoms with Crippen LogP contribution in [0.5, 0.6) is 0 Å². The van der Waals surface area contributed by atoms with Crippen molar-refractivity contribution in [2.75, 3.05) is 19.8 Å². The molecule has 1 unspecified atom stereocenters. The first-order valence-corrected chi connectivity index (χ1v) is 6.78. The molecule has 0 aromatic heterocycles. The second kappa shape index (κ2) is 6.34. The van der Waals surface area contributed by atoms with Crippen LogP contribution in [0.2, 0.25) is 0 Å². The lowest BCUT2D eigenvalue weighted by Gasteiger charge is -2.24. The number of nitrogens with one attached hydrogen (secondary N) is 1. The lowest BCUT2D eigenvalue weighted by Crippen LogP contribution is -2.41. The highest BCUT2D eigenvalue weighted by Crippen LogP contribution is 2.20. The molecule has 0 radical (unpaired) electrons. The molecule has 92 valence electrons. The Balaban J connectivity index is 1.99. The van der Waals surface area contributed by atoms with E-state index in [0.29, 0.717) is 6.04 Å². The number of morpholine rings is 1. The number of ether oxygens (including phenoxy) is 1. The summed E-state index contributed by atoms with van der Waals surface area (Å²) in [5.74, 6) is 0. The molecule has 17 heavy (non-hydrogen) atoms. The van der Waals surface area contributed by atoms with Crippen LogP contribution in [0.25, 0.3) is 6.08 Å². The zero-order chi connectivity index (χ0) is 12.1. The first-order chi connectivity index (χ1) is 8.25. The molecule has 1 aliphatic heterocycles. The lowest BCUT2D eigenvalue weighted by molar-refractivity contribution is 0.0771. The largest absolute Gasteiger partial charge is 0.379 e. The van der Waals surface area contributed by atoms with E-state index < -0.39 is 0 Å². The second-order valence-electron chi connectivity index (χ2n) is 4.44. The zero-order valence-electron chi connectivity index (χ0n) is 10.1. The summed E-state index contributed by atoms with van der Waals surface area (Å²) in [6.07, 6.45) is 3.28. The topological polar surface area (TPSA) is 21.3 Å². The van der Waals surface area contributed by atoms with E-state index in [4.69, 9.17) is 4.74 Å². The van der Waals surface area contributed by atoms with Gasteiger partial charge in [0.2, 0.25) is 0 Å². The Bertz CT molecular complexity index is 397. The molecule has 0 spiro atoms. The first kappa shape index (κ1) is 12.8. The van der Waals surface area contributed by atoms with Gasteiger partial charge in [-0.15, -0.1) is 0 Å². The smallest absolute Gasteiger partial charge is 0.0623 e. The molecule has 0 amide bonds. The van der Waals surface area contributed by atoms with E-state index in [1.54, 1.807) is 0 Å². The fourth-order valence-corrected chi connectivity index (χ4v) is 2.46. The molecule has 1 aromatic carbocycles. The van der Waals surface area contributed by atoms with Crippen LogP contribution < -0.4 is 5.32 Å². The maximum atomic E-state index is 5.46. The summed E-state index contributed by atoms with van der Waals surface area (Å²) in [6.45, 7) is 4.80. The third-order valence-corrected chi connectivity index (χ3v) is 3.60. The zero-order valence-corrected chi connectivity index (χ0v) is 11.7. The summed E-state index contributed by atoms with van der Waals surface area (Å²) in [4.78, 5) is 0. The Labute approximate surface area is 111 Å². The van der Waals surface area contributed by atoms with E-state index in [1.807, 2.05) is 6.07 Å². The van der Waals surface area contributed by atoms with Gasteiger partial charge >= 0.3 is 0 Å². The van der Waals surface area contributed by atoms with Gasteiger partial charge in [0, 0.05) is 17.1 Å². The molecular formula is C14H18BrNO. The SMILES string of the molecule is C/C(=C/c1ccccc1Br)CC1COCCN1. The Morgan fingerprint density at radius 1 is 1.53 bits per heavy atom. The van der Waals surface area contributed by atoms with Gasteiger partial charge in [-0.3, -0.25) is 0 Å². The summed E-state index contributed by atoms with van der Waals surface area (Å²) >= 11 is 3.57. The normalized spacial score (nSPS) is 21.5. The van der Waals surface area contributed by atoms with Crippen molar-refractivity contribution >= 4 is 22.0 Å². The van der Waals surface area contributed by atoms with E-state index in [2.05, 4.69) is 52.4 Å². The molecule has 2 nitrogen and oxygen atoms in total. The fraction of sp³-hybridized carbons (Fsp3) is 0.429. The molecule has 0 bridgehead atoms. The predicted molar refractivity (Wildman–Crippen MR) is 75.0 cm³/mol. The highest BCUT2D eigenvalue weighted by molar-refractivity contribution is 9.10. The van der Waals surface area contributed by atoms with E-state index in [1.165, 1.54) is 11.1 Å². The quantitative estimate of drug-likeness (QED) is 0.924. The van der Waals surface area contributed by atoms with Crippen LogP contribution in [-0.2, 0) is 4.74 Å². The van der Waals surface area contributed by atoms with Crippen molar-refractivity contribution in [2.45, 2.75) is 19.4 Å². The monoisotopic (exact) mass is 295 g/mol. The van der Waals surface area contributed by atoms with Crippen LogP contribution in [0, 0.1) is 0 Å². The molecule has 1 fully saturated rings. The standard InChI is InChI=1S/C14H18BrNO/c1-11(9-13-10-17-7-6-16-13)8-12-4-2-3-5-14(12)15/h2-5,8,13,16H,6-7,9-10H2,1H3/b11-8-. The summed E-state index contributed by atoms with van der Waals surface area (Å²) < 4.78 is 6.60. The van der Waals surface area contributed by atoms with E-state index in [0.717, 1.165) is 30.7 Å². The van der Waals surface area contributed by atoms with Crippen molar-refractivity contribution in [2.24, 2.45) is 0 Å². The summed E-state index contributed by atoms with van der Waals surface area (Å²) in [7, 11) is 0. The molecule has 0 saturated carbocycles. The van der Waals surface area contributed by atoms with Gasteiger partial charge in [-0.05, 0) is 25.0 Å². The number of hydrogen-bond acceptors (Lipinski definition) is 2. The van der Waals surface area contributed by atoms with E-state index in [9.17, 15) is 0 Å². The summed E-state index contributed by atoms with van der Waals surface area (Å²) in [5.41, 5.74) is 2.61. The van der Waals surface area contributed by atoms with Crippen LogP contribution >= 0.6 is 15.9 Å². The van der Waals surface area contributed by atoms with Gasteiger partial charge in [-0.1, -0.05) is 45.8 Å². The van der Waals surface area contributed by atoms with Crippen molar-refractivity contribution in [3.63, 3.8) is 0 Å². The Morgan fingerprint density at radius 3 is 3.06 bits per heavy atom. The van der Waals surface area contributed by atoms with Crippen molar-refractivity contribution in [1.29, 1.82) is 0 Å². The molecular weight excluding hydrogens is 278 g/mol. The fourth-order valence-electron chi connectivity index (χ4n) is 2.06. The number of benzene rings is 1. The van der Waals surface area contributed by atoms with Crippen molar-refractivity contribution in [1.82, 2.24) is 5.32 Å². The van der Waals surface area contributed by atoms with E-state index >= 15 is 0 Å². The van der Waals surface area contributed by atoms with Gasteiger partial charge in [0.25, 0.3) is 0 Å². The van der Waals surface area contributed by atoms with Gasteiger partial charge < -0.3 is 10.1 Å². The van der Waals surface area contributed by atoms with Crippen LogP contribution in [-0.4, -0.2) is 25.8 Å². The van der Waals surface area contributed by atoms with Gasteiger partial charge in [0.15, 0.2) is 0 Å². The highest BCUT2D eigenvalue weighted by atomic mass is 79.9. The van der Waals surface area contributed by atoms with Crippen molar-refractivity contribution in [3.05, 3.63) is 39.9 Å². The maximum absolute atomic E-state index is 5.46. The minimum Gasteiger partial charge on any atom is -0.379 e. The third-order valence-electron chi connectivity index (χ3n) is 2.87. The summed E-state index contributed by atoms with van der Waals surface area (Å²) in [5, 5.41) is 3.47. The van der Waals surface area contributed by atoms with Crippen molar-refractivity contribution in [3.8, 4) is 0 Å². The number of rotatable bonds is 3. The molecule has 3 heteroatoms. The van der Waals surface area contributed by atoms with Crippen molar-refractivity contribution < 1.29 is 4.74 Å². The average molecular weight is 296 g/mol. The van der Waals surface area contributed by atoms with Crippen LogP contribution in [0.4, 0.5) is 0 Å². The van der Waals surface area contributed by atoms with Gasteiger partial charge in [0.1, 0.15) is 0 Å². The Hall–Kier alpha value is -0.640. The number of hydrogen-bond donors (Lipinski definition) is 1.